The maximum atomic E-state index is 9.97. The molecule has 18 heavy (non-hydrogen) atoms. The summed E-state index contributed by atoms with van der Waals surface area (Å²) in [5, 5.41) is 14.1. The van der Waals surface area contributed by atoms with Gasteiger partial charge in [0.2, 0.25) is 0 Å². The third-order valence-electron chi connectivity index (χ3n) is 2.84. The highest BCUT2D eigenvalue weighted by atomic mass is 32.1. The van der Waals surface area contributed by atoms with Crippen LogP contribution >= 0.6 is 11.3 Å². The van der Waals surface area contributed by atoms with E-state index in [1.807, 2.05) is 25.2 Å². The zero-order chi connectivity index (χ0) is 13.3. The lowest BCUT2D eigenvalue weighted by molar-refractivity contribution is 0.178. The molecule has 0 saturated heterocycles. The summed E-state index contributed by atoms with van der Waals surface area (Å²) in [7, 11) is 1.84. The lowest BCUT2D eigenvalue weighted by atomic mass is 9.98. The molecule has 0 aliphatic rings. The van der Waals surface area contributed by atoms with E-state index in [0.29, 0.717) is 6.54 Å². The summed E-state index contributed by atoms with van der Waals surface area (Å²) in [5.41, 5.74) is 2.04. The van der Waals surface area contributed by atoms with Crippen molar-refractivity contribution in [2.75, 3.05) is 13.6 Å². The van der Waals surface area contributed by atoms with Crippen molar-refractivity contribution < 1.29 is 5.11 Å². The topological polar surface area (TPSA) is 45.1 Å². The number of likely N-dealkylation sites (N-methyl/N-ethyl adjacent to an activating group) is 1. The molecule has 0 aliphatic heterocycles. The summed E-state index contributed by atoms with van der Waals surface area (Å²) in [6.45, 7) is 7.07. The molecule has 0 fully saturated rings. The standard InChI is InChI=1S/C14H20N2OS/c1-14(2,3)13-16-10-6-5-9(7-12(10)18-13)11(17)8-15-4/h5-7,11,15,17H,8H2,1-4H3. The van der Waals surface area contributed by atoms with Crippen LogP contribution < -0.4 is 5.32 Å². The van der Waals surface area contributed by atoms with Gasteiger partial charge in [-0.1, -0.05) is 26.8 Å². The summed E-state index contributed by atoms with van der Waals surface area (Å²) >= 11 is 1.71. The zero-order valence-corrected chi connectivity index (χ0v) is 12.1. The molecule has 98 valence electrons. The Balaban J connectivity index is 2.40. The lowest BCUT2D eigenvalue weighted by Crippen LogP contribution is -2.16. The van der Waals surface area contributed by atoms with Crippen molar-refractivity contribution in [2.45, 2.75) is 32.3 Å². The number of thiazole rings is 1. The van der Waals surface area contributed by atoms with Gasteiger partial charge in [-0.3, -0.25) is 0 Å². The van der Waals surface area contributed by atoms with Crippen molar-refractivity contribution in [3.8, 4) is 0 Å². The number of hydrogen-bond acceptors (Lipinski definition) is 4. The van der Waals surface area contributed by atoms with Crippen LogP contribution in [0.25, 0.3) is 10.2 Å². The largest absolute Gasteiger partial charge is 0.387 e. The third kappa shape index (κ3) is 2.71. The minimum absolute atomic E-state index is 0.0768. The molecule has 1 aromatic heterocycles. The number of benzene rings is 1. The van der Waals surface area contributed by atoms with Crippen LogP contribution in [0.15, 0.2) is 18.2 Å². The molecule has 0 bridgehead atoms. The average molecular weight is 264 g/mol. The van der Waals surface area contributed by atoms with E-state index in [1.54, 1.807) is 11.3 Å². The van der Waals surface area contributed by atoms with Crippen molar-refractivity contribution >= 4 is 21.6 Å². The molecule has 2 aromatic rings. The molecule has 1 heterocycles. The van der Waals surface area contributed by atoms with Crippen LogP contribution in [0, 0.1) is 0 Å². The molecule has 1 atom stereocenters. The predicted molar refractivity (Wildman–Crippen MR) is 77.2 cm³/mol. The minimum Gasteiger partial charge on any atom is -0.387 e. The van der Waals surface area contributed by atoms with Crippen molar-refractivity contribution in [3.05, 3.63) is 28.8 Å². The molecule has 0 saturated carbocycles. The zero-order valence-electron chi connectivity index (χ0n) is 11.3. The molecule has 1 aromatic carbocycles. The summed E-state index contributed by atoms with van der Waals surface area (Å²) in [6.07, 6.45) is -0.459. The Morgan fingerprint density at radius 3 is 2.72 bits per heavy atom. The highest BCUT2D eigenvalue weighted by Gasteiger charge is 2.19. The third-order valence-corrected chi connectivity index (χ3v) is 4.28. The molecule has 0 radical (unpaired) electrons. The maximum Gasteiger partial charge on any atom is 0.0992 e. The summed E-state index contributed by atoms with van der Waals surface area (Å²) in [6, 6.07) is 6.00. The van der Waals surface area contributed by atoms with Crippen LogP contribution in [0.1, 0.15) is 37.4 Å². The minimum atomic E-state index is -0.459. The van der Waals surface area contributed by atoms with Crippen LogP contribution in [0.2, 0.25) is 0 Å². The van der Waals surface area contributed by atoms with E-state index in [2.05, 4.69) is 31.1 Å². The number of rotatable bonds is 3. The molecule has 0 aliphatic carbocycles. The van der Waals surface area contributed by atoms with Crippen molar-refractivity contribution in [1.82, 2.24) is 10.3 Å². The molecule has 2 N–H and O–H groups in total. The SMILES string of the molecule is CNCC(O)c1ccc2nc(C(C)(C)C)sc2c1. The Morgan fingerprint density at radius 1 is 1.39 bits per heavy atom. The van der Waals surface area contributed by atoms with E-state index in [4.69, 9.17) is 0 Å². The molecule has 4 heteroatoms. The van der Waals surface area contributed by atoms with E-state index in [0.717, 1.165) is 20.8 Å². The van der Waals surface area contributed by atoms with Crippen molar-refractivity contribution in [1.29, 1.82) is 0 Å². The van der Waals surface area contributed by atoms with E-state index in [-0.39, 0.29) is 5.41 Å². The molecular formula is C14H20N2OS. The van der Waals surface area contributed by atoms with Gasteiger partial charge < -0.3 is 10.4 Å². The molecule has 1 unspecified atom stereocenters. The van der Waals surface area contributed by atoms with Crippen molar-refractivity contribution in [2.24, 2.45) is 0 Å². The fourth-order valence-corrected chi connectivity index (χ4v) is 2.85. The Morgan fingerprint density at radius 2 is 2.11 bits per heavy atom. The Kier molecular flexibility index (Phi) is 3.71. The number of aliphatic hydroxyl groups excluding tert-OH is 1. The Hall–Kier alpha value is -0.970. The van der Waals surface area contributed by atoms with E-state index >= 15 is 0 Å². The predicted octanol–water partition coefficient (Wildman–Crippen LogP) is 2.85. The molecule has 2 rings (SSSR count). The fraction of sp³-hybridized carbons (Fsp3) is 0.500. The summed E-state index contributed by atoms with van der Waals surface area (Å²) < 4.78 is 1.15. The van der Waals surface area contributed by atoms with Gasteiger partial charge in [-0.25, -0.2) is 4.98 Å². The second kappa shape index (κ2) is 4.96. The lowest BCUT2D eigenvalue weighted by Gasteiger charge is -2.13. The second-order valence-electron chi connectivity index (χ2n) is 5.57. The maximum absolute atomic E-state index is 9.97. The van der Waals surface area contributed by atoms with Gasteiger partial charge in [0.1, 0.15) is 0 Å². The van der Waals surface area contributed by atoms with Crippen LogP contribution in [0.5, 0.6) is 0 Å². The van der Waals surface area contributed by atoms with Gasteiger partial charge in [-0.2, -0.15) is 0 Å². The summed E-state index contributed by atoms with van der Waals surface area (Å²) in [4.78, 5) is 4.65. The smallest absolute Gasteiger partial charge is 0.0992 e. The number of aromatic nitrogens is 1. The highest BCUT2D eigenvalue weighted by Crippen LogP contribution is 2.32. The summed E-state index contributed by atoms with van der Waals surface area (Å²) in [5.74, 6) is 0. The molecule has 0 amide bonds. The highest BCUT2D eigenvalue weighted by molar-refractivity contribution is 7.18. The van der Waals surface area contributed by atoms with E-state index in [9.17, 15) is 5.11 Å². The first kappa shape index (κ1) is 13.5. The normalized spacial score (nSPS) is 14.1. The number of fused-ring (bicyclic) bond motifs is 1. The first-order valence-electron chi connectivity index (χ1n) is 6.15. The second-order valence-corrected chi connectivity index (χ2v) is 6.60. The van der Waals surface area contributed by atoms with E-state index < -0.39 is 6.10 Å². The number of nitrogens with zero attached hydrogens (tertiary/aromatic N) is 1. The number of aliphatic hydroxyl groups is 1. The first-order valence-corrected chi connectivity index (χ1v) is 6.97. The molecule has 0 spiro atoms. The van der Waals surface area contributed by atoms with E-state index in [1.165, 1.54) is 0 Å². The van der Waals surface area contributed by atoms with Gasteiger partial charge in [0.05, 0.1) is 21.3 Å². The van der Waals surface area contributed by atoms with Gasteiger partial charge in [-0.15, -0.1) is 11.3 Å². The van der Waals surface area contributed by atoms with Crippen LogP contribution in [0.3, 0.4) is 0 Å². The average Bonchev–Trinajstić information content (AvgIpc) is 2.71. The Labute approximate surface area is 112 Å². The first-order chi connectivity index (χ1) is 8.41. The Bertz CT molecular complexity index is 542. The van der Waals surface area contributed by atoms with Crippen molar-refractivity contribution in [3.63, 3.8) is 0 Å². The van der Waals surface area contributed by atoms with Crippen LogP contribution in [-0.2, 0) is 5.41 Å². The van der Waals surface area contributed by atoms with Gasteiger partial charge in [0, 0.05) is 12.0 Å². The fourth-order valence-electron chi connectivity index (χ4n) is 1.78. The number of hydrogen-bond donors (Lipinski definition) is 2. The van der Waals surface area contributed by atoms with Crippen LogP contribution in [-0.4, -0.2) is 23.7 Å². The van der Waals surface area contributed by atoms with Gasteiger partial charge >= 0.3 is 0 Å². The van der Waals surface area contributed by atoms with Gasteiger partial charge in [0.15, 0.2) is 0 Å². The molecule has 3 nitrogen and oxygen atoms in total. The van der Waals surface area contributed by atoms with Gasteiger partial charge in [-0.05, 0) is 24.7 Å². The molecular weight excluding hydrogens is 244 g/mol. The monoisotopic (exact) mass is 264 g/mol. The quantitative estimate of drug-likeness (QED) is 0.896. The number of nitrogens with one attached hydrogen (secondary N) is 1. The van der Waals surface area contributed by atoms with Crippen LogP contribution in [0.4, 0.5) is 0 Å². The van der Waals surface area contributed by atoms with Gasteiger partial charge in [0.25, 0.3) is 0 Å².